The van der Waals surface area contributed by atoms with Crippen molar-refractivity contribution in [3.8, 4) is 0 Å². The van der Waals surface area contributed by atoms with Gasteiger partial charge in [0, 0.05) is 18.8 Å². The van der Waals surface area contributed by atoms with Crippen molar-refractivity contribution in [2.75, 3.05) is 13.1 Å². The number of H-pyrrole nitrogens is 1. The third kappa shape index (κ3) is 4.79. The number of piperidine rings is 1. The van der Waals surface area contributed by atoms with Gasteiger partial charge < -0.3 is 10.3 Å². The monoisotopic (exact) mass is 339 g/mol. The zero-order valence-electron chi connectivity index (χ0n) is 14.7. The number of nitrogens with zero attached hydrogens (tertiary/aromatic N) is 1. The molecule has 0 unspecified atom stereocenters. The summed E-state index contributed by atoms with van der Waals surface area (Å²) in [7, 11) is 0. The highest BCUT2D eigenvalue weighted by atomic mass is 16.2. The number of nitrogens with one attached hydrogen (secondary N) is 2. The molecule has 1 aliphatic rings. The van der Waals surface area contributed by atoms with Crippen molar-refractivity contribution in [3.63, 3.8) is 0 Å². The highest BCUT2D eigenvalue weighted by Gasteiger charge is 2.11. The molecule has 1 aromatic carbocycles. The van der Waals surface area contributed by atoms with Gasteiger partial charge in [-0.25, -0.2) is 0 Å². The molecule has 0 saturated carbocycles. The van der Waals surface area contributed by atoms with E-state index >= 15 is 0 Å². The summed E-state index contributed by atoms with van der Waals surface area (Å²) >= 11 is 0. The average Bonchev–Trinajstić information content (AvgIpc) is 2.62. The van der Waals surface area contributed by atoms with E-state index < -0.39 is 0 Å². The number of benzene rings is 1. The zero-order valence-corrected chi connectivity index (χ0v) is 14.7. The number of carbonyl (C=O) groups excluding carboxylic acids is 1. The minimum atomic E-state index is -0.352. The third-order valence-electron chi connectivity index (χ3n) is 4.63. The van der Waals surface area contributed by atoms with Gasteiger partial charge in [-0.3, -0.25) is 14.5 Å². The van der Waals surface area contributed by atoms with E-state index in [4.69, 9.17) is 0 Å². The Balaban J connectivity index is 1.54. The summed E-state index contributed by atoms with van der Waals surface area (Å²) in [6.07, 6.45) is 3.93. The van der Waals surface area contributed by atoms with Gasteiger partial charge in [-0.1, -0.05) is 30.7 Å². The summed E-state index contributed by atoms with van der Waals surface area (Å²) in [6, 6.07) is 11.6. The second kappa shape index (κ2) is 8.12. The minimum absolute atomic E-state index is 0.146. The number of aromatic amines is 1. The van der Waals surface area contributed by atoms with E-state index in [1.165, 1.54) is 37.9 Å². The molecule has 3 rings (SSSR count). The molecule has 0 bridgehead atoms. The zero-order chi connectivity index (χ0) is 17.6. The quantitative estimate of drug-likeness (QED) is 0.880. The number of hydrogen-bond acceptors (Lipinski definition) is 3. The van der Waals surface area contributed by atoms with Crippen LogP contribution in [0.5, 0.6) is 0 Å². The standard InChI is InChI=1S/C20H25N3O2/c1-15-5-10-18(20(25)22-15)19(24)21-13-16-6-8-17(9-7-16)14-23-11-3-2-4-12-23/h5-10H,2-4,11-14H2,1H3,(H,21,24)(H,22,25). The Bertz CT molecular complexity index is 774. The van der Waals surface area contributed by atoms with Crippen LogP contribution in [0.1, 0.15) is 46.4 Å². The van der Waals surface area contributed by atoms with Crippen LogP contribution in [0.15, 0.2) is 41.2 Å². The van der Waals surface area contributed by atoms with E-state index in [0.29, 0.717) is 6.54 Å². The fraction of sp³-hybridized carbons (Fsp3) is 0.400. The normalized spacial score (nSPS) is 15.1. The first-order valence-electron chi connectivity index (χ1n) is 8.90. The highest BCUT2D eigenvalue weighted by molar-refractivity contribution is 5.93. The molecule has 2 aromatic rings. The van der Waals surface area contributed by atoms with Crippen molar-refractivity contribution in [3.05, 3.63) is 69.1 Å². The highest BCUT2D eigenvalue weighted by Crippen LogP contribution is 2.13. The number of aryl methyl sites for hydroxylation is 1. The fourth-order valence-electron chi connectivity index (χ4n) is 3.17. The van der Waals surface area contributed by atoms with Crippen LogP contribution in [0.3, 0.4) is 0 Å². The van der Waals surface area contributed by atoms with E-state index in [2.05, 4.69) is 27.3 Å². The van der Waals surface area contributed by atoms with Gasteiger partial charge in [0.25, 0.3) is 11.5 Å². The Morgan fingerprint density at radius 3 is 2.40 bits per heavy atom. The van der Waals surface area contributed by atoms with Gasteiger partial charge in [-0.2, -0.15) is 0 Å². The van der Waals surface area contributed by atoms with Gasteiger partial charge >= 0.3 is 0 Å². The summed E-state index contributed by atoms with van der Waals surface area (Å²) in [6.45, 7) is 5.56. The van der Waals surface area contributed by atoms with Gasteiger partial charge in [-0.05, 0) is 56.1 Å². The van der Waals surface area contributed by atoms with Gasteiger partial charge in [-0.15, -0.1) is 0 Å². The summed E-state index contributed by atoms with van der Waals surface area (Å²) < 4.78 is 0. The largest absolute Gasteiger partial charge is 0.348 e. The number of amides is 1. The van der Waals surface area contributed by atoms with Crippen molar-refractivity contribution in [2.24, 2.45) is 0 Å². The number of hydrogen-bond donors (Lipinski definition) is 2. The molecule has 1 aliphatic heterocycles. The van der Waals surface area contributed by atoms with Crippen molar-refractivity contribution >= 4 is 5.91 Å². The maximum atomic E-state index is 12.1. The molecule has 1 fully saturated rings. The minimum Gasteiger partial charge on any atom is -0.348 e. The number of aromatic nitrogens is 1. The lowest BCUT2D eigenvalue weighted by molar-refractivity contribution is 0.0949. The molecule has 132 valence electrons. The molecule has 0 radical (unpaired) electrons. The SMILES string of the molecule is Cc1ccc(C(=O)NCc2ccc(CN3CCCCC3)cc2)c(=O)[nH]1. The smallest absolute Gasteiger partial charge is 0.260 e. The lowest BCUT2D eigenvalue weighted by atomic mass is 10.1. The topological polar surface area (TPSA) is 65.2 Å². The van der Waals surface area contributed by atoms with E-state index in [1.807, 2.05) is 12.1 Å². The van der Waals surface area contributed by atoms with Gasteiger partial charge in [0.05, 0.1) is 0 Å². The van der Waals surface area contributed by atoms with Crippen molar-refractivity contribution in [1.29, 1.82) is 0 Å². The van der Waals surface area contributed by atoms with Gasteiger partial charge in [0.1, 0.15) is 5.56 Å². The number of rotatable bonds is 5. The molecule has 0 atom stereocenters. The lowest BCUT2D eigenvalue weighted by Crippen LogP contribution is -2.29. The Morgan fingerprint density at radius 2 is 1.72 bits per heavy atom. The van der Waals surface area contributed by atoms with Crippen LogP contribution in [0.2, 0.25) is 0 Å². The van der Waals surface area contributed by atoms with Gasteiger partial charge in [0.2, 0.25) is 0 Å². The molecule has 1 amide bonds. The van der Waals surface area contributed by atoms with E-state index in [9.17, 15) is 9.59 Å². The number of likely N-dealkylation sites (tertiary alicyclic amines) is 1. The van der Waals surface area contributed by atoms with Crippen LogP contribution >= 0.6 is 0 Å². The molecule has 1 saturated heterocycles. The summed E-state index contributed by atoms with van der Waals surface area (Å²) in [5, 5.41) is 2.81. The Hall–Kier alpha value is -2.40. The predicted octanol–water partition coefficient (Wildman–Crippen LogP) is 2.60. The van der Waals surface area contributed by atoms with Crippen LogP contribution in [0.25, 0.3) is 0 Å². The second-order valence-corrected chi connectivity index (χ2v) is 6.72. The maximum absolute atomic E-state index is 12.1. The second-order valence-electron chi connectivity index (χ2n) is 6.72. The maximum Gasteiger partial charge on any atom is 0.260 e. The van der Waals surface area contributed by atoms with E-state index in [-0.39, 0.29) is 17.0 Å². The first-order valence-corrected chi connectivity index (χ1v) is 8.90. The molecular formula is C20H25N3O2. The van der Waals surface area contributed by atoms with Crippen LogP contribution in [-0.4, -0.2) is 28.9 Å². The molecule has 2 N–H and O–H groups in total. The van der Waals surface area contributed by atoms with Crippen LogP contribution in [-0.2, 0) is 13.1 Å². The Labute approximate surface area is 148 Å². The molecule has 0 spiro atoms. The molecule has 1 aromatic heterocycles. The lowest BCUT2D eigenvalue weighted by Gasteiger charge is -2.26. The van der Waals surface area contributed by atoms with Crippen LogP contribution in [0, 0.1) is 6.92 Å². The average molecular weight is 339 g/mol. The molecule has 0 aliphatic carbocycles. The first kappa shape index (κ1) is 17.4. The fourth-order valence-corrected chi connectivity index (χ4v) is 3.17. The van der Waals surface area contributed by atoms with E-state index in [1.54, 1.807) is 19.1 Å². The van der Waals surface area contributed by atoms with Crippen molar-refractivity contribution in [1.82, 2.24) is 15.2 Å². The molecule has 25 heavy (non-hydrogen) atoms. The first-order chi connectivity index (χ1) is 12.1. The van der Waals surface area contributed by atoms with Gasteiger partial charge in [0.15, 0.2) is 0 Å². The van der Waals surface area contributed by atoms with Crippen molar-refractivity contribution < 1.29 is 4.79 Å². The number of carbonyl (C=O) groups is 1. The predicted molar refractivity (Wildman–Crippen MR) is 98.5 cm³/mol. The third-order valence-corrected chi connectivity index (χ3v) is 4.63. The molecule has 5 heteroatoms. The molecule has 5 nitrogen and oxygen atoms in total. The number of pyridine rings is 1. The molecular weight excluding hydrogens is 314 g/mol. The van der Waals surface area contributed by atoms with Crippen LogP contribution < -0.4 is 10.9 Å². The summed E-state index contributed by atoms with van der Waals surface area (Å²) in [4.78, 5) is 29.1. The van der Waals surface area contributed by atoms with E-state index in [0.717, 1.165) is 17.8 Å². The van der Waals surface area contributed by atoms with Crippen molar-refractivity contribution in [2.45, 2.75) is 39.3 Å². The molecule has 2 heterocycles. The Morgan fingerprint density at radius 1 is 1.04 bits per heavy atom. The summed E-state index contributed by atoms with van der Waals surface area (Å²) in [5.41, 5.74) is 2.86. The van der Waals surface area contributed by atoms with Crippen LogP contribution in [0.4, 0.5) is 0 Å². The Kier molecular flexibility index (Phi) is 5.66. The summed E-state index contributed by atoms with van der Waals surface area (Å²) in [5.74, 6) is -0.348.